The van der Waals surface area contributed by atoms with Crippen molar-refractivity contribution in [3.63, 3.8) is 0 Å². The molecule has 25 heavy (non-hydrogen) atoms. The molecule has 2 unspecified atom stereocenters. The molecule has 2 heterocycles. The highest BCUT2D eigenvalue weighted by molar-refractivity contribution is 7.09. The van der Waals surface area contributed by atoms with Gasteiger partial charge in [0.1, 0.15) is 11.5 Å². The van der Waals surface area contributed by atoms with Crippen LogP contribution in [0.3, 0.4) is 0 Å². The largest absolute Gasteiger partial charge is 0.348 e. The lowest BCUT2D eigenvalue weighted by atomic mass is 9.95. The van der Waals surface area contributed by atoms with Crippen LogP contribution < -0.4 is 10.6 Å². The highest BCUT2D eigenvalue weighted by Crippen LogP contribution is 2.18. The number of nitrogens with one attached hydrogen (secondary N) is 2. The van der Waals surface area contributed by atoms with E-state index in [1.54, 1.807) is 23.6 Å². The van der Waals surface area contributed by atoms with E-state index in [0.29, 0.717) is 23.6 Å². The Balaban J connectivity index is 0.00000156. The molecule has 8 heteroatoms. The molecule has 1 saturated heterocycles. The van der Waals surface area contributed by atoms with Crippen LogP contribution in [0.4, 0.5) is 4.39 Å². The van der Waals surface area contributed by atoms with Crippen molar-refractivity contribution in [3.05, 3.63) is 51.7 Å². The van der Waals surface area contributed by atoms with E-state index in [0.717, 1.165) is 24.5 Å². The van der Waals surface area contributed by atoms with Gasteiger partial charge in [0.2, 0.25) is 0 Å². The Bertz CT molecular complexity index is 698. The summed E-state index contributed by atoms with van der Waals surface area (Å²) >= 11 is 1.39. The first-order valence-corrected chi connectivity index (χ1v) is 8.71. The van der Waals surface area contributed by atoms with Crippen molar-refractivity contribution in [1.82, 2.24) is 15.6 Å². The van der Waals surface area contributed by atoms with E-state index < -0.39 is 0 Å². The van der Waals surface area contributed by atoms with Crippen molar-refractivity contribution < 1.29 is 9.18 Å². The molecule has 1 aromatic carbocycles. The standard InChI is InChI=1S/C17H20FN3OS.2ClH/c1-11-9-19-7-6-14(11)21-17(22)15-10-23-16(20-15)8-12-4-2-3-5-13(12)18;;/h2-5,10-11,14,19H,6-9H2,1H3,(H,21,22);2*1H. The quantitative estimate of drug-likeness (QED) is 0.818. The molecule has 3 rings (SSSR count). The van der Waals surface area contributed by atoms with Crippen LogP contribution in [-0.4, -0.2) is 30.0 Å². The van der Waals surface area contributed by atoms with Gasteiger partial charge in [-0.05, 0) is 37.1 Å². The highest BCUT2D eigenvalue weighted by Gasteiger charge is 2.24. The molecule has 1 aliphatic heterocycles. The number of hydrogen-bond donors (Lipinski definition) is 2. The Hall–Kier alpha value is -1.21. The van der Waals surface area contributed by atoms with Gasteiger partial charge in [0.15, 0.2) is 0 Å². The molecule has 2 N–H and O–H groups in total. The van der Waals surface area contributed by atoms with Crippen LogP contribution in [0, 0.1) is 11.7 Å². The second kappa shape index (κ2) is 10.1. The lowest BCUT2D eigenvalue weighted by molar-refractivity contribution is 0.0909. The number of hydrogen-bond acceptors (Lipinski definition) is 4. The fraction of sp³-hybridized carbons (Fsp3) is 0.412. The van der Waals surface area contributed by atoms with Gasteiger partial charge >= 0.3 is 0 Å². The second-order valence-electron chi connectivity index (χ2n) is 5.94. The van der Waals surface area contributed by atoms with Gasteiger partial charge in [0.25, 0.3) is 5.91 Å². The van der Waals surface area contributed by atoms with Gasteiger partial charge in [0.05, 0.1) is 5.01 Å². The fourth-order valence-electron chi connectivity index (χ4n) is 2.77. The number of nitrogens with zero attached hydrogens (tertiary/aromatic N) is 1. The van der Waals surface area contributed by atoms with E-state index in [2.05, 4.69) is 22.5 Å². The number of thiazole rings is 1. The number of carbonyl (C=O) groups is 1. The minimum absolute atomic E-state index is 0. The summed E-state index contributed by atoms with van der Waals surface area (Å²) in [4.78, 5) is 16.7. The monoisotopic (exact) mass is 405 g/mol. The van der Waals surface area contributed by atoms with E-state index >= 15 is 0 Å². The van der Waals surface area contributed by atoms with Crippen molar-refractivity contribution >= 4 is 42.1 Å². The Labute approximate surface area is 163 Å². The zero-order chi connectivity index (χ0) is 16.2. The van der Waals surface area contributed by atoms with Gasteiger partial charge in [-0.3, -0.25) is 4.79 Å². The maximum Gasteiger partial charge on any atom is 0.270 e. The molecule has 0 spiro atoms. The molecule has 1 fully saturated rings. The summed E-state index contributed by atoms with van der Waals surface area (Å²) in [6.45, 7) is 3.97. The van der Waals surface area contributed by atoms with E-state index in [4.69, 9.17) is 0 Å². The molecule has 2 atom stereocenters. The predicted octanol–water partition coefficient (Wildman–Crippen LogP) is 3.44. The normalized spacial score (nSPS) is 19.4. The topological polar surface area (TPSA) is 54.0 Å². The molecule has 0 aliphatic carbocycles. The van der Waals surface area contributed by atoms with Gasteiger partial charge in [-0.2, -0.15) is 0 Å². The summed E-state index contributed by atoms with van der Waals surface area (Å²) in [6.07, 6.45) is 1.34. The van der Waals surface area contributed by atoms with E-state index in [1.165, 1.54) is 17.4 Å². The number of rotatable bonds is 4. The smallest absolute Gasteiger partial charge is 0.270 e. The van der Waals surface area contributed by atoms with Gasteiger partial charge in [0, 0.05) is 17.8 Å². The lowest BCUT2D eigenvalue weighted by Gasteiger charge is -2.29. The molecule has 0 radical (unpaired) electrons. The Morgan fingerprint density at radius 2 is 2.16 bits per heavy atom. The summed E-state index contributed by atoms with van der Waals surface area (Å²) in [7, 11) is 0. The maximum atomic E-state index is 13.7. The zero-order valence-corrected chi connectivity index (χ0v) is 16.3. The summed E-state index contributed by atoms with van der Waals surface area (Å²) < 4.78 is 13.7. The van der Waals surface area contributed by atoms with Crippen LogP contribution in [0.15, 0.2) is 29.6 Å². The third kappa shape index (κ3) is 5.64. The van der Waals surface area contributed by atoms with Crippen LogP contribution in [0.25, 0.3) is 0 Å². The van der Waals surface area contributed by atoms with Crippen LogP contribution in [-0.2, 0) is 6.42 Å². The zero-order valence-electron chi connectivity index (χ0n) is 13.8. The number of halogens is 3. The van der Waals surface area contributed by atoms with E-state index in [1.807, 2.05) is 0 Å². The molecule has 1 aromatic heterocycles. The first kappa shape index (κ1) is 21.8. The van der Waals surface area contributed by atoms with Crippen molar-refractivity contribution in [1.29, 1.82) is 0 Å². The van der Waals surface area contributed by atoms with E-state index in [-0.39, 0.29) is 42.6 Å². The van der Waals surface area contributed by atoms with Crippen LogP contribution in [0.5, 0.6) is 0 Å². The van der Waals surface area contributed by atoms with Crippen molar-refractivity contribution in [3.8, 4) is 0 Å². The number of aromatic nitrogens is 1. The number of amides is 1. The molecular weight excluding hydrogens is 384 g/mol. The Morgan fingerprint density at radius 3 is 2.88 bits per heavy atom. The van der Waals surface area contributed by atoms with Crippen molar-refractivity contribution in [2.45, 2.75) is 25.8 Å². The maximum absolute atomic E-state index is 13.7. The third-order valence-electron chi connectivity index (χ3n) is 4.19. The molecule has 2 aromatic rings. The number of carbonyl (C=O) groups excluding carboxylic acids is 1. The van der Waals surface area contributed by atoms with Crippen LogP contribution in [0.2, 0.25) is 0 Å². The first-order valence-electron chi connectivity index (χ1n) is 7.83. The summed E-state index contributed by atoms with van der Waals surface area (Å²) in [5.41, 5.74) is 1.02. The molecule has 138 valence electrons. The minimum atomic E-state index is -0.239. The average molecular weight is 406 g/mol. The number of piperidine rings is 1. The van der Waals surface area contributed by atoms with Crippen molar-refractivity contribution in [2.75, 3.05) is 13.1 Å². The summed E-state index contributed by atoms with van der Waals surface area (Å²) in [6, 6.07) is 6.83. The molecule has 1 aliphatic rings. The second-order valence-corrected chi connectivity index (χ2v) is 6.89. The van der Waals surface area contributed by atoms with E-state index in [9.17, 15) is 9.18 Å². The van der Waals surface area contributed by atoms with Gasteiger partial charge in [-0.1, -0.05) is 25.1 Å². The molecule has 0 saturated carbocycles. The van der Waals surface area contributed by atoms with Gasteiger partial charge < -0.3 is 10.6 Å². The Morgan fingerprint density at radius 1 is 1.40 bits per heavy atom. The molecule has 4 nitrogen and oxygen atoms in total. The first-order chi connectivity index (χ1) is 11.1. The summed E-state index contributed by atoms with van der Waals surface area (Å²) in [5, 5.41) is 8.87. The van der Waals surface area contributed by atoms with Crippen molar-refractivity contribution in [2.24, 2.45) is 5.92 Å². The average Bonchev–Trinajstić information content (AvgIpc) is 3.01. The molecule has 1 amide bonds. The van der Waals surface area contributed by atoms with Crippen LogP contribution >= 0.6 is 36.2 Å². The predicted molar refractivity (Wildman–Crippen MR) is 104 cm³/mol. The minimum Gasteiger partial charge on any atom is -0.348 e. The summed E-state index contributed by atoms with van der Waals surface area (Å²) in [5.74, 6) is 0.0289. The third-order valence-corrected chi connectivity index (χ3v) is 5.03. The van der Waals surface area contributed by atoms with Crippen LogP contribution in [0.1, 0.15) is 34.4 Å². The highest BCUT2D eigenvalue weighted by atomic mass is 35.5. The number of benzene rings is 1. The Kier molecular flexibility index (Phi) is 8.79. The molecule has 0 bridgehead atoms. The van der Waals surface area contributed by atoms with Gasteiger partial charge in [-0.25, -0.2) is 9.37 Å². The molecular formula is C17H22Cl2FN3OS. The SMILES string of the molecule is CC1CNCCC1NC(=O)c1csc(Cc2ccccc2F)n1.Cl.Cl. The fourth-order valence-corrected chi connectivity index (χ4v) is 3.57. The van der Waals surface area contributed by atoms with Gasteiger partial charge in [-0.15, -0.1) is 36.2 Å². The lowest BCUT2D eigenvalue weighted by Crippen LogP contribution is -2.48.